The molecule has 2 rings (SSSR count). The number of rotatable bonds is 4. The number of halogens is 1. The van der Waals surface area contributed by atoms with Gasteiger partial charge in [-0.3, -0.25) is 0 Å². The molecule has 1 aromatic rings. The van der Waals surface area contributed by atoms with Crippen molar-refractivity contribution in [2.75, 3.05) is 13.6 Å². The van der Waals surface area contributed by atoms with E-state index in [9.17, 15) is 4.39 Å². The van der Waals surface area contributed by atoms with E-state index in [4.69, 9.17) is 5.73 Å². The van der Waals surface area contributed by atoms with E-state index in [2.05, 4.69) is 11.9 Å². The maximum absolute atomic E-state index is 12.8. The molecule has 2 N–H and O–H groups in total. The molecule has 0 aliphatic heterocycles. The molecule has 2 unspecified atom stereocenters. The van der Waals surface area contributed by atoms with Gasteiger partial charge in [0, 0.05) is 18.6 Å². The lowest BCUT2D eigenvalue weighted by Gasteiger charge is -2.36. The Balaban J connectivity index is 1.83. The van der Waals surface area contributed by atoms with Crippen molar-refractivity contribution in [1.29, 1.82) is 0 Å². The van der Waals surface area contributed by atoms with Gasteiger partial charge >= 0.3 is 0 Å². The molecule has 0 radical (unpaired) electrons. The van der Waals surface area contributed by atoms with E-state index in [1.165, 1.54) is 37.0 Å². The van der Waals surface area contributed by atoms with Gasteiger partial charge in [-0.05, 0) is 44.0 Å². The summed E-state index contributed by atoms with van der Waals surface area (Å²) < 4.78 is 12.8. The second-order valence-electron chi connectivity index (χ2n) is 5.37. The summed E-state index contributed by atoms with van der Waals surface area (Å²) in [6.45, 7) is 0.990. The predicted octanol–water partition coefficient (Wildman–Crippen LogP) is 2.57. The van der Waals surface area contributed by atoms with Crippen LogP contribution in [0.25, 0.3) is 0 Å². The van der Waals surface area contributed by atoms with E-state index >= 15 is 0 Å². The van der Waals surface area contributed by atoms with Crippen molar-refractivity contribution < 1.29 is 4.39 Å². The lowest BCUT2D eigenvalue weighted by atomic mass is 9.90. The van der Waals surface area contributed by atoms with E-state index in [1.54, 1.807) is 0 Å². The summed E-state index contributed by atoms with van der Waals surface area (Å²) in [5.41, 5.74) is 7.37. The molecule has 0 aromatic heterocycles. The Morgan fingerprint density at radius 1 is 1.22 bits per heavy atom. The van der Waals surface area contributed by atoms with Crippen LogP contribution >= 0.6 is 0 Å². The molecular weight excluding hydrogens is 227 g/mol. The van der Waals surface area contributed by atoms with Crippen LogP contribution in [0.3, 0.4) is 0 Å². The van der Waals surface area contributed by atoms with Gasteiger partial charge in [-0.1, -0.05) is 25.0 Å². The molecule has 18 heavy (non-hydrogen) atoms. The van der Waals surface area contributed by atoms with Gasteiger partial charge in [-0.15, -0.1) is 0 Å². The Bertz CT molecular complexity index is 363. The monoisotopic (exact) mass is 250 g/mol. The zero-order chi connectivity index (χ0) is 13.0. The van der Waals surface area contributed by atoms with Gasteiger partial charge in [0.05, 0.1) is 0 Å². The number of nitrogens with two attached hydrogens (primary N) is 1. The average Bonchev–Trinajstić information content (AvgIpc) is 2.38. The van der Waals surface area contributed by atoms with Crippen LogP contribution in [0.1, 0.15) is 31.2 Å². The quantitative estimate of drug-likeness (QED) is 0.890. The van der Waals surface area contributed by atoms with E-state index in [1.807, 2.05) is 12.1 Å². The van der Waals surface area contributed by atoms with Gasteiger partial charge in [-0.25, -0.2) is 4.39 Å². The van der Waals surface area contributed by atoms with E-state index in [-0.39, 0.29) is 5.82 Å². The van der Waals surface area contributed by atoms with Crippen LogP contribution in [0, 0.1) is 5.82 Å². The Hall–Kier alpha value is -0.930. The maximum Gasteiger partial charge on any atom is 0.123 e. The fraction of sp³-hybridized carbons (Fsp3) is 0.600. The van der Waals surface area contributed by atoms with Crippen LogP contribution < -0.4 is 5.73 Å². The first-order valence-electron chi connectivity index (χ1n) is 6.87. The van der Waals surface area contributed by atoms with Crippen molar-refractivity contribution in [2.45, 2.75) is 44.2 Å². The van der Waals surface area contributed by atoms with E-state index < -0.39 is 0 Å². The molecule has 1 aliphatic carbocycles. The van der Waals surface area contributed by atoms with Crippen molar-refractivity contribution in [2.24, 2.45) is 5.73 Å². The normalized spacial score (nSPS) is 24.4. The van der Waals surface area contributed by atoms with E-state index in [0.29, 0.717) is 12.1 Å². The summed E-state index contributed by atoms with van der Waals surface area (Å²) in [7, 11) is 2.15. The number of hydrogen-bond donors (Lipinski definition) is 1. The molecule has 0 heterocycles. The highest BCUT2D eigenvalue weighted by atomic mass is 19.1. The molecule has 2 nitrogen and oxygen atoms in total. The van der Waals surface area contributed by atoms with Crippen LogP contribution in [-0.2, 0) is 6.42 Å². The second-order valence-corrected chi connectivity index (χ2v) is 5.37. The molecule has 3 heteroatoms. The summed E-state index contributed by atoms with van der Waals surface area (Å²) >= 11 is 0. The molecule has 1 fully saturated rings. The zero-order valence-corrected chi connectivity index (χ0v) is 11.1. The van der Waals surface area contributed by atoms with Crippen LogP contribution in [0.2, 0.25) is 0 Å². The Morgan fingerprint density at radius 2 is 1.89 bits per heavy atom. The van der Waals surface area contributed by atoms with Gasteiger partial charge in [0.2, 0.25) is 0 Å². The first-order chi connectivity index (χ1) is 8.66. The van der Waals surface area contributed by atoms with Crippen molar-refractivity contribution in [3.05, 3.63) is 35.6 Å². The third-order valence-corrected chi connectivity index (χ3v) is 4.01. The number of likely N-dealkylation sites (N-methyl/N-ethyl adjacent to an activating group) is 1. The fourth-order valence-corrected chi connectivity index (χ4v) is 2.81. The predicted molar refractivity (Wildman–Crippen MR) is 73.0 cm³/mol. The number of hydrogen-bond acceptors (Lipinski definition) is 2. The Kier molecular flexibility index (Phi) is 4.72. The number of benzene rings is 1. The molecule has 1 saturated carbocycles. The molecular formula is C15H23FN2. The van der Waals surface area contributed by atoms with Gasteiger partial charge < -0.3 is 10.6 Å². The van der Waals surface area contributed by atoms with Crippen LogP contribution in [0.4, 0.5) is 4.39 Å². The first-order valence-corrected chi connectivity index (χ1v) is 6.87. The van der Waals surface area contributed by atoms with E-state index in [0.717, 1.165) is 19.4 Å². The second kappa shape index (κ2) is 6.30. The van der Waals surface area contributed by atoms with Crippen LogP contribution in [0.5, 0.6) is 0 Å². The molecule has 0 bridgehead atoms. The molecule has 0 saturated heterocycles. The minimum absolute atomic E-state index is 0.165. The molecule has 100 valence electrons. The highest BCUT2D eigenvalue weighted by Gasteiger charge is 2.24. The summed E-state index contributed by atoms with van der Waals surface area (Å²) in [5, 5.41) is 0. The average molecular weight is 250 g/mol. The minimum Gasteiger partial charge on any atom is -0.326 e. The van der Waals surface area contributed by atoms with Gasteiger partial charge in [0.15, 0.2) is 0 Å². The van der Waals surface area contributed by atoms with Crippen LogP contribution in [-0.4, -0.2) is 30.6 Å². The Labute approximate surface area is 109 Å². The highest BCUT2D eigenvalue weighted by Crippen LogP contribution is 2.21. The summed E-state index contributed by atoms with van der Waals surface area (Å²) in [4.78, 5) is 2.37. The van der Waals surface area contributed by atoms with Crippen molar-refractivity contribution in [3.63, 3.8) is 0 Å². The topological polar surface area (TPSA) is 29.3 Å². The first kappa shape index (κ1) is 13.5. The molecule has 0 amide bonds. The minimum atomic E-state index is -0.165. The van der Waals surface area contributed by atoms with Gasteiger partial charge in [0.1, 0.15) is 5.82 Å². The van der Waals surface area contributed by atoms with Crippen molar-refractivity contribution in [3.8, 4) is 0 Å². The largest absolute Gasteiger partial charge is 0.326 e. The van der Waals surface area contributed by atoms with Gasteiger partial charge in [0.25, 0.3) is 0 Å². The third-order valence-electron chi connectivity index (χ3n) is 4.01. The van der Waals surface area contributed by atoms with Crippen LogP contribution in [0.15, 0.2) is 24.3 Å². The Morgan fingerprint density at radius 3 is 2.56 bits per heavy atom. The molecule has 1 aromatic carbocycles. The standard InChI is InChI=1S/C15H23FN2/c1-18(15-5-3-2-4-14(15)17)11-10-12-6-8-13(16)9-7-12/h6-9,14-15H,2-5,10-11,17H2,1H3. The summed E-state index contributed by atoms with van der Waals surface area (Å²) in [5.74, 6) is -0.165. The highest BCUT2D eigenvalue weighted by molar-refractivity contribution is 5.16. The lowest BCUT2D eigenvalue weighted by Crippen LogP contribution is -2.48. The third kappa shape index (κ3) is 3.53. The summed E-state index contributed by atoms with van der Waals surface area (Å²) in [6.07, 6.45) is 5.87. The fourth-order valence-electron chi connectivity index (χ4n) is 2.81. The lowest BCUT2D eigenvalue weighted by molar-refractivity contribution is 0.171. The zero-order valence-electron chi connectivity index (χ0n) is 11.1. The van der Waals surface area contributed by atoms with Crippen molar-refractivity contribution >= 4 is 0 Å². The molecule has 0 spiro atoms. The molecule has 1 aliphatic rings. The summed E-state index contributed by atoms with van der Waals surface area (Å²) in [6, 6.07) is 7.62. The SMILES string of the molecule is CN(CCc1ccc(F)cc1)C1CCCCC1N. The van der Waals surface area contributed by atoms with Gasteiger partial charge in [-0.2, -0.15) is 0 Å². The van der Waals surface area contributed by atoms with Crippen molar-refractivity contribution in [1.82, 2.24) is 4.90 Å². The maximum atomic E-state index is 12.8. The molecule has 2 atom stereocenters. The number of nitrogens with zero attached hydrogens (tertiary/aromatic N) is 1. The smallest absolute Gasteiger partial charge is 0.123 e.